The Hall–Kier alpha value is -1.03. The molecule has 2 rings (SSSR count). The molecule has 0 saturated heterocycles. The highest BCUT2D eigenvalue weighted by atomic mass is 35.5. The quantitative estimate of drug-likeness (QED) is 0.744. The third kappa shape index (κ3) is 5.70. The summed E-state index contributed by atoms with van der Waals surface area (Å²) in [4.78, 5) is 4.50. The fraction of sp³-hybridized carbons (Fsp3) is 0.353. The van der Waals surface area contributed by atoms with Gasteiger partial charge in [0.25, 0.3) is 0 Å². The molecule has 0 atom stereocenters. The number of aromatic nitrogens is 1. The van der Waals surface area contributed by atoms with Crippen LogP contribution in [0.2, 0.25) is 5.02 Å². The number of nitrogens with one attached hydrogen (secondary N) is 1. The minimum Gasteiger partial charge on any atom is -0.312 e. The first-order chi connectivity index (χ1) is 10.1. The van der Waals surface area contributed by atoms with Crippen LogP contribution < -0.4 is 5.32 Å². The molecule has 0 unspecified atom stereocenters. The molecule has 1 aromatic carbocycles. The maximum absolute atomic E-state index is 6.16. The first-order valence-electron chi connectivity index (χ1n) is 7.17. The van der Waals surface area contributed by atoms with Crippen molar-refractivity contribution >= 4 is 23.4 Å². The summed E-state index contributed by atoms with van der Waals surface area (Å²) >= 11 is 7.87. The standard InChI is InChI=1S/C17H21ClN2S/c1-13(2)9-19-10-14-7-8-17(20-11-14)21-12-15-5-3-4-6-16(15)18/h3-8,11,13,19H,9-10,12H2,1-2H3. The third-order valence-electron chi connectivity index (χ3n) is 3.01. The van der Waals surface area contributed by atoms with Gasteiger partial charge in [0.05, 0.1) is 5.03 Å². The minimum absolute atomic E-state index is 0.670. The fourth-order valence-electron chi connectivity index (χ4n) is 1.87. The van der Waals surface area contributed by atoms with Crippen molar-refractivity contribution in [1.29, 1.82) is 0 Å². The summed E-state index contributed by atoms with van der Waals surface area (Å²) in [6.45, 7) is 6.32. The molecule has 1 heterocycles. The van der Waals surface area contributed by atoms with E-state index in [4.69, 9.17) is 11.6 Å². The van der Waals surface area contributed by atoms with Gasteiger partial charge in [-0.05, 0) is 35.7 Å². The van der Waals surface area contributed by atoms with Gasteiger partial charge in [0.1, 0.15) is 0 Å². The van der Waals surface area contributed by atoms with E-state index in [-0.39, 0.29) is 0 Å². The van der Waals surface area contributed by atoms with Crippen LogP contribution in [-0.4, -0.2) is 11.5 Å². The van der Waals surface area contributed by atoms with Crippen LogP contribution >= 0.6 is 23.4 Å². The summed E-state index contributed by atoms with van der Waals surface area (Å²) in [7, 11) is 0. The van der Waals surface area contributed by atoms with Gasteiger partial charge < -0.3 is 5.32 Å². The topological polar surface area (TPSA) is 24.9 Å². The van der Waals surface area contributed by atoms with E-state index >= 15 is 0 Å². The second-order valence-corrected chi connectivity index (χ2v) is 6.81. The first-order valence-corrected chi connectivity index (χ1v) is 8.53. The Kier molecular flexibility index (Phi) is 6.55. The van der Waals surface area contributed by atoms with E-state index in [0.717, 1.165) is 34.5 Å². The zero-order valence-electron chi connectivity index (χ0n) is 12.5. The molecule has 2 aromatic rings. The van der Waals surface area contributed by atoms with Gasteiger partial charge in [-0.2, -0.15) is 0 Å². The van der Waals surface area contributed by atoms with Crippen molar-refractivity contribution in [1.82, 2.24) is 10.3 Å². The molecule has 1 N–H and O–H groups in total. The molecule has 0 fully saturated rings. The predicted octanol–water partition coefficient (Wildman–Crippen LogP) is 4.77. The highest BCUT2D eigenvalue weighted by molar-refractivity contribution is 7.98. The Balaban J connectivity index is 1.84. The second-order valence-electron chi connectivity index (χ2n) is 5.41. The van der Waals surface area contributed by atoms with Crippen LogP contribution in [0.1, 0.15) is 25.0 Å². The van der Waals surface area contributed by atoms with Crippen LogP contribution in [0.25, 0.3) is 0 Å². The molecule has 21 heavy (non-hydrogen) atoms. The normalized spacial score (nSPS) is 11.0. The highest BCUT2D eigenvalue weighted by Crippen LogP contribution is 2.25. The van der Waals surface area contributed by atoms with Crippen molar-refractivity contribution in [2.75, 3.05) is 6.54 Å². The van der Waals surface area contributed by atoms with Gasteiger partial charge in [-0.1, -0.05) is 49.7 Å². The molecule has 0 radical (unpaired) electrons. The van der Waals surface area contributed by atoms with Crippen molar-refractivity contribution in [3.8, 4) is 0 Å². The van der Waals surface area contributed by atoms with Crippen molar-refractivity contribution in [3.05, 3.63) is 58.7 Å². The maximum atomic E-state index is 6.16. The Morgan fingerprint density at radius 1 is 1.19 bits per heavy atom. The largest absolute Gasteiger partial charge is 0.312 e. The van der Waals surface area contributed by atoms with Crippen LogP contribution in [-0.2, 0) is 12.3 Å². The minimum atomic E-state index is 0.670. The number of halogens is 1. The SMILES string of the molecule is CC(C)CNCc1ccc(SCc2ccccc2Cl)nc1. The number of rotatable bonds is 7. The van der Waals surface area contributed by atoms with Crippen LogP contribution in [0.5, 0.6) is 0 Å². The number of thioether (sulfide) groups is 1. The molecule has 4 heteroatoms. The summed E-state index contributed by atoms with van der Waals surface area (Å²) < 4.78 is 0. The number of pyridine rings is 1. The second kappa shape index (κ2) is 8.42. The molecule has 0 aliphatic heterocycles. The molecular weight excluding hydrogens is 300 g/mol. The summed E-state index contributed by atoms with van der Waals surface area (Å²) in [5.74, 6) is 1.51. The van der Waals surface area contributed by atoms with Gasteiger partial charge in [0.15, 0.2) is 0 Å². The zero-order chi connectivity index (χ0) is 15.1. The monoisotopic (exact) mass is 320 g/mol. The molecule has 1 aromatic heterocycles. The molecule has 0 aliphatic rings. The van der Waals surface area contributed by atoms with Crippen LogP contribution in [0, 0.1) is 5.92 Å². The lowest BCUT2D eigenvalue weighted by atomic mass is 10.2. The van der Waals surface area contributed by atoms with E-state index in [1.165, 1.54) is 5.56 Å². The van der Waals surface area contributed by atoms with Gasteiger partial charge in [0.2, 0.25) is 0 Å². The Labute approximate surface area is 136 Å². The third-order valence-corrected chi connectivity index (χ3v) is 4.37. The smallest absolute Gasteiger partial charge is 0.0963 e. The molecule has 0 spiro atoms. The van der Waals surface area contributed by atoms with E-state index in [2.05, 4.69) is 42.3 Å². The number of benzene rings is 1. The van der Waals surface area contributed by atoms with E-state index in [9.17, 15) is 0 Å². The van der Waals surface area contributed by atoms with Gasteiger partial charge >= 0.3 is 0 Å². The lowest BCUT2D eigenvalue weighted by Crippen LogP contribution is -2.18. The van der Waals surface area contributed by atoms with E-state index < -0.39 is 0 Å². The van der Waals surface area contributed by atoms with E-state index in [1.54, 1.807) is 11.8 Å². The Bertz CT molecular complexity index is 555. The summed E-state index contributed by atoms with van der Waals surface area (Å²) in [5.41, 5.74) is 2.37. The molecule has 0 saturated carbocycles. The number of nitrogens with zero attached hydrogens (tertiary/aromatic N) is 1. The summed E-state index contributed by atoms with van der Waals surface area (Å²) in [6, 6.07) is 12.2. The van der Waals surface area contributed by atoms with Crippen molar-refractivity contribution in [2.24, 2.45) is 5.92 Å². The van der Waals surface area contributed by atoms with Gasteiger partial charge in [-0.15, -0.1) is 11.8 Å². The average Bonchev–Trinajstić information content (AvgIpc) is 2.47. The fourth-order valence-corrected chi connectivity index (χ4v) is 3.00. The molecule has 0 bridgehead atoms. The lowest BCUT2D eigenvalue weighted by Gasteiger charge is -2.08. The maximum Gasteiger partial charge on any atom is 0.0963 e. The molecular formula is C17H21ClN2S. The molecule has 0 amide bonds. The lowest BCUT2D eigenvalue weighted by molar-refractivity contribution is 0.551. The number of hydrogen-bond acceptors (Lipinski definition) is 3. The zero-order valence-corrected chi connectivity index (χ0v) is 14.0. The van der Waals surface area contributed by atoms with E-state index in [1.807, 2.05) is 24.4 Å². The summed E-state index contributed by atoms with van der Waals surface area (Å²) in [5, 5.41) is 5.27. The summed E-state index contributed by atoms with van der Waals surface area (Å²) in [6.07, 6.45) is 1.95. The van der Waals surface area contributed by atoms with Crippen molar-refractivity contribution in [2.45, 2.75) is 31.2 Å². The average molecular weight is 321 g/mol. The number of hydrogen-bond donors (Lipinski definition) is 1. The van der Waals surface area contributed by atoms with Crippen LogP contribution in [0.4, 0.5) is 0 Å². The molecule has 2 nitrogen and oxygen atoms in total. The Morgan fingerprint density at radius 2 is 2.00 bits per heavy atom. The predicted molar refractivity (Wildman–Crippen MR) is 91.8 cm³/mol. The van der Waals surface area contributed by atoms with Gasteiger partial charge in [-0.3, -0.25) is 0 Å². The van der Waals surface area contributed by atoms with Crippen LogP contribution in [0.3, 0.4) is 0 Å². The van der Waals surface area contributed by atoms with Crippen molar-refractivity contribution < 1.29 is 0 Å². The van der Waals surface area contributed by atoms with Crippen molar-refractivity contribution in [3.63, 3.8) is 0 Å². The Morgan fingerprint density at radius 3 is 2.67 bits per heavy atom. The van der Waals surface area contributed by atoms with Gasteiger partial charge in [0, 0.05) is 23.5 Å². The highest BCUT2D eigenvalue weighted by Gasteiger charge is 2.02. The molecule has 112 valence electrons. The van der Waals surface area contributed by atoms with E-state index in [0.29, 0.717) is 5.92 Å². The molecule has 0 aliphatic carbocycles. The van der Waals surface area contributed by atoms with Gasteiger partial charge in [-0.25, -0.2) is 4.98 Å². The van der Waals surface area contributed by atoms with Crippen LogP contribution in [0.15, 0.2) is 47.6 Å². The first kappa shape index (κ1) is 16.3.